The fourth-order valence-corrected chi connectivity index (χ4v) is 3.48. The van der Waals surface area contributed by atoms with Gasteiger partial charge in [0.2, 0.25) is 10.0 Å². The van der Waals surface area contributed by atoms with E-state index in [4.69, 9.17) is 0 Å². The van der Waals surface area contributed by atoms with Gasteiger partial charge in [-0.1, -0.05) is 17.7 Å². The number of hydrogen-bond donors (Lipinski definition) is 1. The van der Waals surface area contributed by atoms with Gasteiger partial charge in [-0.3, -0.25) is 0 Å². The quantitative estimate of drug-likeness (QED) is 0.576. The van der Waals surface area contributed by atoms with Crippen molar-refractivity contribution in [3.63, 3.8) is 0 Å². The second-order valence-corrected chi connectivity index (χ2v) is 7.87. The molecule has 0 radical (unpaired) electrons. The Bertz CT molecular complexity index is 968. The third-order valence-electron chi connectivity index (χ3n) is 3.96. The fourth-order valence-electron chi connectivity index (χ4n) is 2.28. The zero-order chi connectivity index (χ0) is 23.2. The molecule has 2 aromatic rings. The maximum Gasteiger partial charge on any atom is 0.460 e. The van der Waals surface area contributed by atoms with Gasteiger partial charge < -0.3 is 4.42 Å². The second kappa shape index (κ2) is 7.48. The second-order valence-electron chi connectivity index (χ2n) is 6.15. The summed E-state index contributed by atoms with van der Waals surface area (Å²) in [6.45, 7) is 1.53. The summed E-state index contributed by atoms with van der Waals surface area (Å²) in [6, 6.07) is 1.93. The minimum Gasteiger partial charge on any atom is -0.467 e. The molecule has 0 bridgehead atoms. The first-order valence-corrected chi connectivity index (χ1v) is 9.26. The predicted octanol–water partition coefficient (Wildman–Crippen LogP) is 5.08. The topological polar surface area (TPSA) is 59.3 Å². The van der Waals surface area contributed by atoms with E-state index in [1.165, 1.54) is 19.1 Å². The molecule has 1 N–H and O–H groups in total. The molecule has 2 rings (SSSR count). The van der Waals surface area contributed by atoms with Crippen molar-refractivity contribution in [3.8, 4) is 0 Å². The summed E-state index contributed by atoms with van der Waals surface area (Å²) in [5, 5.41) is 0. The van der Waals surface area contributed by atoms with Crippen molar-refractivity contribution in [3.05, 3.63) is 54.0 Å². The number of halogens is 9. The minimum absolute atomic E-state index is 0.512. The molecule has 168 valence electrons. The van der Waals surface area contributed by atoms with Crippen molar-refractivity contribution >= 4 is 10.0 Å². The van der Waals surface area contributed by atoms with Gasteiger partial charge in [0.1, 0.15) is 11.8 Å². The van der Waals surface area contributed by atoms with Crippen molar-refractivity contribution in [2.75, 3.05) is 0 Å². The minimum atomic E-state index is -7.19. The largest absolute Gasteiger partial charge is 0.467 e. The highest BCUT2D eigenvalue weighted by atomic mass is 32.2. The molecular formula is C16H12F9NO3S. The molecule has 14 heteroatoms. The Hall–Kier alpha value is -2.22. The van der Waals surface area contributed by atoms with Gasteiger partial charge in [-0.2, -0.15) is 44.2 Å². The number of alkyl halides is 9. The summed E-state index contributed by atoms with van der Waals surface area (Å²) < 4.78 is 150. The molecule has 0 saturated carbocycles. The van der Waals surface area contributed by atoms with E-state index in [9.17, 15) is 47.9 Å². The summed E-state index contributed by atoms with van der Waals surface area (Å²) in [7, 11) is -5.08. The van der Waals surface area contributed by atoms with Gasteiger partial charge in [0.05, 0.1) is 11.2 Å². The number of furan rings is 1. The van der Waals surface area contributed by atoms with Crippen LogP contribution in [0.3, 0.4) is 0 Å². The van der Waals surface area contributed by atoms with Gasteiger partial charge in [-0.15, -0.1) is 0 Å². The van der Waals surface area contributed by atoms with E-state index < -0.39 is 50.7 Å². The zero-order valence-corrected chi connectivity index (χ0v) is 15.5. The summed E-state index contributed by atoms with van der Waals surface area (Å²) in [5.41, 5.74) is 0.526. The molecule has 1 atom stereocenters. The van der Waals surface area contributed by atoms with Crippen molar-refractivity contribution in [1.29, 1.82) is 0 Å². The highest BCUT2D eigenvalue weighted by molar-refractivity contribution is 7.89. The van der Waals surface area contributed by atoms with Crippen LogP contribution in [0.5, 0.6) is 0 Å². The average Bonchev–Trinajstić information content (AvgIpc) is 3.13. The van der Waals surface area contributed by atoms with Crippen molar-refractivity contribution in [1.82, 2.24) is 4.72 Å². The van der Waals surface area contributed by atoms with Crippen LogP contribution < -0.4 is 4.72 Å². The molecule has 1 heterocycles. The Morgan fingerprint density at radius 1 is 0.867 bits per heavy atom. The smallest absolute Gasteiger partial charge is 0.460 e. The lowest BCUT2D eigenvalue weighted by atomic mass is 9.96. The molecular weight excluding hydrogens is 457 g/mol. The monoisotopic (exact) mass is 469 g/mol. The summed E-state index contributed by atoms with van der Waals surface area (Å²) >= 11 is 0. The molecule has 0 fully saturated rings. The number of hydrogen-bond acceptors (Lipinski definition) is 3. The molecule has 0 saturated heterocycles. The predicted molar refractivity (Wildman–Crippen MR) is 83.8 cm³/mol. The van der Waals surface area contributed by atoms with Gasteiger partial charge >= 0.3 is 23.9 Å². The first-order chi connectivity index (χ1) is 13.4. The van der Waals surface area contributed by atoms with Gasteiger partial charge in [-0.05, 0) is 31.2 Å². The first kappa shape index (κ1) is 24.1. The van der Waals surface area contributed by atoms with Crippen LogP contribution in [-0.2, 0) is 10.0 Å². The van der Waals surface area contributed by atoms with Crippen LogP contribution in [0.4, 0.5) is 39.5 Å². The lowest BCUT2D eigenvalue weighted by Crippen LogP contribution is -2.64. The van der Waals surface area contributed by atoms with E-state index in [1.54, 1.807) is 0 Å². The van der Waals surface area contributed by atoms with Crippen LogP contribution in [0.2, 0.25) is 0 Å². The number of benzene rings is 1. The lowest BCUT2D eigenvalue weighted by molar-refractivity contribution is -0.399. The van der Waals surface area contributed by atoms with E-state index in [0.29, 0.717) is 17.9 Å². The Kier molecular flexibility index (Phi) is 6.00. The van der Waals surface area contributed by atoms with Crippen LogP contribution in [0.25, 0.3) is 0 Å². The normalized spacial score (nSPS) is 15.3. The van der Waals surface area contributed by atoms with Crippen LogP contribution in [0, 0.1) is 6.92 Å². The van der Waals surface area contributed by atoms with Crippen molar-refractivity contribution < 1.29 is 52.3 Å². The fraction of sp³-hybridized carbons (Fsp3) is 0.375. The van der Waals surface area contributed by atoms with Gasteiger partial charge in [-0.25, -0.2) is 8.42 Å². The maximum absolute atomic E-state index is 14.4. The van der Waals surface area contributed by atoms with E-state index >= 15 is 0 Å². The highest BCUT2D eigenvalue weighted by Gasteiger charge is 2.83. The van der Waals surface area contributed by atoms with Gasteiger partial charge in [0.25, 0.3) is 0 Å². The molecule has 1 aromatic carbocycles. The lowest BCUT2D eigenvalue weighted by Gasteiger charge is -2.37. The van der Waals surface area contributed by atoms with Crippen LogP contribution in [-0.4, -0.2) is 32.4 Å². The number of nitrogens with one attached hydrogen (secondary N) is 1. The standard InChI is InChI=1S/C16H12F9NO3S/c1-9-4-6-10(7-5-9)30(27,28)26-12(11-3-2-8-29-11)13(17,18)14(19,20)15(21,22)16(23,24)25/h2-8,12,26H,1H3. The van der Waals surface area contributed by atoms with E-state index in [2.05, 4.69) is 4.42 Å². The zero-order valence-electron chi connectivity index (χ0n) is 14.7. The molecule has 0 aliphatic carbocycles. The molecule has 4 nitrogen and oxygen atoms in total. The molecule has 30 heavy (non-hydrogen) atoms. The SMILES string of the molecule is Cc1ccc(S(=O)(=O)NC(c2ccco2)C(F)(F)C(F)(F)C(F)(F)C(F)(F)F)cc1. The maximum atomic E-state index is 14.4. The third kappa shape index (κ3) is 4.02. The first-order valence-electron chi connectivity index (χ1n) is 7.77. The summed E-state index contributed by atoms with van der Waals surface area (Å²) in [6.07, 6.45) is -6.44. The summed E-state index contributed by atoms with van der Waals surface area (Å²) in [4.78, 5) is -0.730. The average molecular weight is 469 g/mol. The third-order valence-corrected chi connectivity index (χ3v) is 5.40. The Morgan fingerprint density at radius 2 is 1.40 bits per heavy atom. The number of rotatable bonds is 7. The van der Waals surface area contributed by atoms with Crippen molar-refractivity contribution in [2.24, 2.45) is 0 Å². The van der Waals surface area contributed by atoms with Crippen LogP contribution >= 0.6 is 0 Å². The molecule has 0 spiro atoms. The van der Waals surface area contributed by atoms with E-state index in [0.717, 1.165) is 22.9 Å². The Labute approximate surface area is 163 Å². The van der Waals surface area contributed by atoms with Crippen LogP contribution in [0.15, 0.2) is 52.0 Å². The molecule has 0 amide bonds. The number of aryl methyl sites for hydroxylation is 1. The molecule has 1 unspecified atom stereocenters. The van der Waals surface area contributed by atoms with Crippen molar-refractivity contribution in [2.45, 2.75) is 41.8 Å². The number of sulfonamides is 1. The summed E-state index contributed by atoms with van der Waals surface area (Å²) in [5.74, 6) is -21.8. The van der Waals surface area contributed by atoms with Gasteiger partial charge in [0.15, 0.2) is 0 Å². The Balaban J connectivity index is 2.58. The van der Waals surface area contributed by atoms with E-state index in [1.807, 2.05) is 0 Å². The van der Waals surface area contributed by atoms with E-state index in [-0.39, 0.29) is 0 Å². The Morgan fingerprint density at radius 3 is 1.83 bits per heavy atom. The molecule has 0 aliphatic rings. The molecule has 1 aromatic heterocycles. The molecule has 0 aliphatic heterocycles. The van der Waals surface area contributed by atoms with Crippen LogP contribution in [0.1, 0.15) is 17.4 Å². The van der Waals surface area contributed by atoms with Gasteiger partial charge in [0, 0.05) is 0 Å². The highest BCUT2D eigenvalue weighted by Crippen LogP contribution is 2.56.